The van der Waals surface area contributed by atoms with Crippen molar-refractivity contribution in [3.8, 4) is 0 Å². The molecular formula is C24H34O13. The van der Waals surface area contributed by atoms with Gasteiger partial charge in [-0.2, -0.15) is 0 Å². The topological polar surface area (TPSA) is 206 Å². The number of aliphatic hydroxyl groups is 5. The molecule has 37 heavy (non-hydrogen) atoms. The second kappa shape index (κ2) is 13.3. The van der Waals surface area contributed by atoms with E-state index in [1.807, 2.05) is 0 Å². The summed E-state index contributed by atoms with van der Waals surface area (Å²) in [7, 11) is 0. The Morgan fingerprint density at radius 2 is 0.919 bits per heavy atom. The Kier molecular flexibility index (Phi) is 12.1. The van der Waals surface area contributed by atoms with Crippen LogP contribution in [0.25, 0.3) is 0 Å². The molecule has 0 amide bonds. The summed E-state index contributed by atoms with van der Waals surface area (Å²) in [6.07, 6.45) is -2.62. The summed E-state index contributed by atoms with van der Waals surface area (Å²) < 4.78 is 20.4. The van der Waals surface area contributed by atoms with Crippen molar-refractivity contribution in [2.24, 2.45) is 10.8 Å². The van der Waals surface area contributed by atoms with Gasteiger partial charge in [-0.05, 0) is 27.7 Å². The molecule has 208 valence electrons. The van der Waals surface area contributed by atoms with Gasteiger partial charge in [-0.3, -0.25) is 0 Å². The van der Waals surface area contributed by atoms with Crippen LogP contribution in [0.4, 0.5) is 0 Å². The third-order valence-corrected chi connectivity index (χ3v) is 5.41. The first-order valence-electron chi connectivity index (χ1n) is 10.6. The highest BCUT2D eigenvalue weighted by atomic mass is 16.9. The van der Waals surface area contributed by atoms with Crippen LogP contribution in [0.5, 0.6) is 0 Å². The molecular weight excluding hydrogens is 496 g/mol. The Bertz CT molecular complexity index is 884. The van der Waals surface area contributed by atoms with Crippen LogP contribution in [0, 0.1) is 10.8 Å². The number of esters is 4. The van der Waals surface area contributed by atoms with E-state index < -0.39 is 73.4 Å². The van der Waals surface area contributed by atoms with E-state index in [1.54, 1.807) is 0 Å². The van der Waals surface area contributed by atoms with Gasteiger partial charge >= 0.3 is 29.9 Å². The molecule has 0 rings (SSSR count). The first kappa shape index (κ1) is 33.6. The van der Waals surface area contributed by atoms with E-state index in [2.05, 4.69) is 26.3 Å². The molecule has 0 spiro atoms. The zero-order valence-electron chi connectivity index (χ0n) is 21.2. The van der Waals surface area contributed by atoms with Gasteiger partial charge in [0.05, 0.1) is 26.4 Å². The SMILES string of the molecule is C=C(C)C(=O)OC(O)C(CO)(CO)C(CO)(CO)C(OC(=O)C(=C)C)(OC(=O)C(=C)C)OC(=O)C(=C)C. The summed E-state index contributed by atoms with van der Waals surface area (Å²) in [5.74, 6) is -9.03. The Labute approximate surface area is 213 Å². The van der Waals surface area contributed by atoms with E-state index in [9.17, 15) is 44.7 Å². The number of carbonyl (C=O) groups excluding carboxylic acids is 4. The first-order valence-corrected chi connectivity index (χ1v) is 10.6. The second-order valence-electron chi connectivity index (χ2n) is 8.47. The smallest absolute Gasteiger partial charge is 0.432 e. The maximum atomic E-state index is 12.7. The largest absolute Gasteiger partial charge is 0.435 e. The van der Waals surface area contributed by atoms with Crippen LogP contribution in [0.15, 0.2) is 48.6 Å². The number of hydrogen-bond acceptors (Lipinski definition) is 13. The van der Waals surface area contributed by atoms with Gasteiger partial charge in [0.15, 0.2) is 5.41 Å². The lowest BCUT2D eigenvalue weighted by molar-refractivity contribution is -0.424. The first-order chi connectivity index (χ1) is 17.0. The fourth-order valence-electron chi connectivity index (χ4n) is 2.91. The third kappa shape index (κ3) is 6.70. The molecule has 0 aromatic heterocycles. The van der Waals surface area contributed by atoms with Crippen molar-refractivity contribution in [1.29, 1.82) is 0 Å². The van der Waals surface area contributed by atoms with Gasteiger partial charge in [0, 0.05) is 22.3 Å². The number of ether oxygens (including phenoxy) is 4. The molecule has 0 aromatic rings. The quantitative estimate of drug-likeness (QED) is 0.102. The molecule has 0 aromatic carbocycles. The molecule has 0 aliphatic heterocycles. The molecule has 13 nitrogen and oxygen atoms in total. The molecule has 0 aliphatic rings. The predicted octanol–water partition coefficient (Wildman–Crippen LogP) is -0.622. The molecule has 0 radical (unpaired) electrons. The van der Waals surface area contributed by atoms with E-state index in [1.165, 1.54) is 6.92 Å². The maximum absolute atomic E-state index is 12.7. The monoisotopic (exact) mass is 530 g/mol. The zero-order chi connectivity index (χ0) is 29.4. The minimum atomic E-state index is -3.55. The Morgan fingerprint density at radius 1 is 0.622 bits per heavy atom. The summed E-state index contributed by atoms with van der Waals surface area (Å²) in [5, 5.41) is 52.7. The van der Waals surface area contributed by atoms with Crippen molar-refractivity contribution in [3.05, 3.63) is 48.6 Å². The van der Waals surface area contributed by atoms with Gasteiger partial charge < -0.3 is 44.5 Å². The molecule has 0 saturated heterocycles. The van der Waals surface area contributed by atoms with Crippen LogP contribution in [0.2, 0.25) is 0 Å². The zero-order valence-corrected chi connectivity index (χ0v) is 21.2. The molecule has 13 heteroatoms. The highest BCUT2D eigenvalue weighted by Gasteiger charge is 2.74. The van der Waals surface area contributed by atoms with Gasteiger partial charge in [-0.25, -0.2) is 19.2 Å². The molecule has 0 heterocycles. The average Bonchev–Trinajstić information content (AvgIpc) is 2.81. The van der Waals surface area contributed by atoms with Crippen LogP contribution in [-0.4, -0.2) is 88.1 Å². The summed E-state index contributed by atoms with van der Waals surface area (Å²) in [6.45, 7) is 12.0. The third-order valence-electron chi connectivity index (χ3n) is 5.41. The van der Waals surface area contributed by atoms with Crippen LogP contribution in [0.3, 0.4) is 0 Å². The number of hydrogen-bond donors (Lipinski definition) is 5. The van der Waals surface area contributed by atoms with E-state index in [0.29, 0.717) is 0 Å². The normalized spacial score (nSPS) is 12.6. The average molecular weight is 531 g/mol. The molecule has 5 N–H and O–H groups in total. The summed E-state index contributed by atoms with van der Waals surface area (Å²) in [5.41, 5.74) is -7.23. The van der Waals surface area contributed by atoms with Crippen molar-refractivity contribution in [3.63, 3.8) is 0 Å². The lowest BCUT2D eigenvalue weighted by atomic mass is 9.61. The van der Waals surface area contributed by atoms with Crippen molar-refractivity contribution in [1.82, 2.24) is 0 Å². The minimum absolute atomic E-state index is 0.246. The van der Waals surface area contributed by atoms with Crippen molar-refractivity contribution in [2.75, 3.05) is 26.4 Å². The number of aliphatic hydroxyl groups excluding tert-OH is 5. The van der Waals surface area contributed by atoms with Gasteiger partial charge in [0.25, 0.3) is 0 Å². The van der Waals surface area contributed by atoms with E-state index >= 15 is 0 Å². The fourth-order valence-corrected chi connectivity index (χ4v) is 2.91. The van der Waals surface area contributed by atoms with E-state index in [0.717, 1.165) is 20.8 Å². The van der Waals surface area contributed by atoms with Gasteiger partial charge in [-0.1, -0.05) is 26.3 Å². The van der Waals surface area contributed by atoms with Gasteiger partial charge in [0.1, 0.15) is 5.41 Å². The van der Waals surface area contributed by atoms with Crippen LogP contribution < -0.4 is 0 Å². The van der Waals surface area contributed by atoms with Crippen LogP contribution >= 0.6 is 0 Å². The molecule has 1 unspecified atom stereocenters. The van der Waals surface area contributed by atoms with Gasteiger partial charge in [-0.15, -0.1) is 0 Å². The number of carbonyl (C=O) groups is 4. The molecule has 0 saturated carbocycles. The van der Waals surface area contributed by atoms with E-state index in [4.69, 9.17) is 18.9 Å². The lowest BCUT2D eigenvalue weighted by Crippen LogP contribution is -2.72. The standard InChI is InChI=1S/C24H34O13/c1-13(2)17(29)34-21(33)22(9-25,10-26)23(11-27,12-28)24(35-18(30)14(3)4,36-19(31)15(5)6)37-20(32)16(7)8/h21,25-28,33H,1,3,5,7,9-12H2,2,4,6,8H3. The lowest BCUT2D eigenvalue weighted by Gasteiger charge is -2.53. The Hall–Kier alpha value is -3.36. The van der Waals surface area contributed by atoms with Crippen molar-refractivity contribution >= 4 is 23.9 Å². The highest BCUT2D eigenvalue weighted by Crippen LogP contribution is 2.53. The van der Waals surface area contributed by atoms with E-state index in [-0.39, 0.29) is 22.3 Å². The Balaban J connectivity index is 7.78. The maximum Gasteiger partial charge on any atom is 0.435 e. The summed E-state index contributed by atoms with van der Waals surface area (Å²) in [4.78, 5) is 50.2. The number of rotatable bonds is 15. The fraction of sp³-hybridized carbons (Fsp3) is 0.500. The van der Waals surface area contributed by atoms with Gasteiger partial charge in [0.2, 0.25) is 6.29 Å². The van der Waals surface area contributed by atoms with Crippen LogP contribution in [0.1, 0.15) is 27.7 Å². The second-order valence-corrected chi connectivity index (χ2v) is 8.47. The summed E-state index contributed by atoms with van der Waals surface area (Å²) >= 11 is 0. The molecule has 1 atom stereocenters. The highest BCUT2D eigenvalue weighted by molar-refractivity contribution is 5.91. The van der Waals surface area contributed by atoms with Crippen molar-refractivity contribution < 1.29 is 63.7 Å². The minimum Gasteiger partial charge on any atom is -0.432 e. The molecule has 0 fully saturated rings. The summed E-state index contributed by atoms with van der Waals surface area (Å²) in [6, 6.07) is 0. The molecule has 0 bridgehead atoms. The Morgan fingerprint density at radius 3 is 1.14 bits per heavy atom. The van der Waals surface area contributed by atoms with Crippen molar-refractivity contribution in [2.45, 2.75) is 40.0 Å². The van der Waals surface area contributed by atoms with Crippen LogP contribution in [-0.2, 0) is 38.1 Å². The predicted molar refractivity (Wildman–Crippen MR) is 126 cm³/mol. The molecule has 0 aliphatic carbocycles.